The molecule has 150 valence electrons. The van der Waals surface area contributed by atoms with Crippen LogP contribution in [-0.2, 0) is 9.53 Å². The molecule has 5 atom stereocenters. The van der Waals surface area contributed by atoms with Crippen LogP contribution in [0.25, 0.3) is 6.08 Å². The van der Waals surface area contributed by atoms with Crippen molar-refractivity contribution < 1.29 is 44.2 Å². The molecule has 2 rings (SSSR count). The second-order valence-electron chi connectivity index (χ2n) is 6.01. The van der Waals surface area contributed by atoms with Crippen molar-refractivity contribution in [2.24, 2.45) is 0 Å². The molecule has 9 nitrogen and oxygen atoms in total. The molecule has 0 aromatic heterocycles. The minimum absolute atomic E-state index is 0.0873. The minimum atomic E-state index is -1.57. The summed E-state index contributed by atoms with van der Waals surface area (Å²) < 4.78 is 21.6. The first-order chi connectivity index (χ1) is 12.8. The minimum Gasteiger partial charge on any atom is -0.493 e. The number of methoxy groups -OCH3 is 2. The Morgan fingerprint density at radius 1 is 1.11 bits per heavy atom. The lowest BCUT2D eigenvalue weighted by molar-refractivity contribution is -0.277. The van der Waals surface area contributed by atoms with E-state index in [0.717, 1.165) is 0 Å². The van der Waals surface area contributed by atoms with Crippen LogP contribution in [0.4, 0.5) is 0 Å². The van der Waals surface area contributed by atoms with Crippen molar-refractivity contribution >= 4 is 11.9 Å². The van der Waals surface area contributed by atoms with E-state index in [1.54, 1.807) is 18.2 Å². The average Bonchev–Trinajstić information content (AvgIpc) is 2.66. The molecule has 1 aromatic carbocycles. The van der Waals surface area contributed by atoms with Gasteiger partial charge in [-0.25, -0.2) is 0 Å². The molecule has 4 N–H and O–H groups in total. The van der Waals surface area contributed by atoms with Crippen molar-refractivity contribution in [1.29, 1.82) is 0 Å². The number of carbonyl (C=O) groups is 1. The monoisotopic (exact) mass is 384 g/mol. The van der Waals surface area contributed by atoms with Crippen molar-refractivity contribution in [2.45, 2.75) is 37.6 Å². The van der Waals surface area contributed by atoms with E-state index in [-0.39, 0.29) is 23.0 Å². The van der Waals surface area contributed by atoms with Crippen LogP contribution in [0.15, 0.2) is 18.2 Å². The fourth-order valence-electron chi connectivity index (χ4n) is 2.61. The summed E-state index contributed by atoms with van der Waals surface area (Å²) in [6.07, 6.45) is -4.18. The number of rotatable bonds is 7. The van der Waals surface area contributed by atoms with Crippen LogP contribution in [0.3, 0.4) is 0 Å². The first-order valence-electron chi connectivity index (χ1n) is 8.24. The van der Waals surface area contributed by atoms with Crippen LogP contribution < -0.4 is 14.2 Å². The zero-order chi connectivity index (χ0) is 20.1. The first-order valence-corrected chi connectivity index (χ1v) is 8.24. The largest absolute Gasteiger partial charge is 0.493 e. The number of aliphatic hydroxyl groups excluding tert-OH is 4. The molecule has 0 spiro atoms. The molecule has 1 saturated heterocycles. The van der Waals surface area contributed by atoms with Gasteiger partial charge in [0.25, 0.3) is 0 Å². The number of hydrogen-bond acceptors (Lipinski definition) is 9. The summed E-state index contributed by atoms with van der Waals surface area (Å²) >= 11 is 0. The molecule has 1 aliphatic heterocycles. The number of benzene rings is 1. The summed E-state index contributed by atoms with van der Waals surface area (Å²) in [6, 6.07) is 3.17. The van der Waals surface area contributed by atoms with Crippen LogP contribution in [0.2, 0.25) is 0 Å². The highest BCUT2D eigenvalue weighted by atomic mass is 16.7. The molecule has 9 heteroatoms. The maximum Gasteiger partial charge on any atom is 0.229 e. The van der Waals surface area contributed by atoms with E-state index in [4.69, 9.17) is 18.9 Å². The van der Waals surface area contributed by atoms with Gasteiger partial charge in [0, 0.05) is 0 Å². The summed E-state index contributed by atoms with van der Waals surface area (Å²) in [5, 5.41) is 39.1. The predicted molar refractivity (Wildman–Crippen MR) is 93.7 cm³/mol. The summed E-state index contributed by atoms with van der Waals surface area (Å²) in [5.74, 6) is 0.419. The van der Waals surface area contributed by atoms with Gasteiger partial charge in [-0.3, -0.25) is 4.79 Å². The summed E-state index contributed by atoms with van der Waals surface area (Å²) in [6.45, 7) is 0.843. The van der Waals surface area contributed by atoms with Gasteiger partial charge in [0.05, 0.1) is 20.8 Å². The van der Waals surface area contributed by atoms with Crippen LogP contribution >= 0.6 is 0 Å². The van der Waals surface area contributed by atoms with E-state index in [0.29, 0.717) is 5.56 Å². The van der Waals surface area contributed by atoms with Crippen LogP contribution in [-0.4, -0.2) is 77.7 Å². The third-order valence-corrected chi connectivity index (χ3v) is 4.08. The Balaban J connectivity index is 2.35. The number of allylic oxidation sites excluding steroid dienone is 1. The van der Waals surface area contributed by atoms with Crippen molar-refractivity contribution in [3.63, 3.8) is 0 Å². The van der Waals surface area contributed by atoms with Gasteiger partial charge in [0.2, 0.25) is 12.0 Å². The van der Waals surface area contributed by atoms with Crippen LogP contribution in [0.1, 0.15) is 12.5 Å². The maximum atomic E-state index is 11.1. The Morgan fingerprint density at radius 3 is 2.19 bits per heavy atom. The van der Waals surface area contributed by atoms with Crippen LogP contribution in [0, 0.1) is 0 Å². The molecule has 27 heavy (non-hydrogen) atoms. The maximum absolute atomic E-state index is 11.1. The molecule has 1 aromatic rings. The normalized spacial score (nSPS) is 28.2. The average molecular weight is 384 g/mol. The van der Waals surface area contributed by atoms with Gasteiger partial charge < -0.3 is 39.4 Å². The molecule has 0 saturated carbocycles. The van der Waals surface area contributed by atoms with Crippen molar-refractivity contribution in [3.8, 4) is 17.2 Å². The quantitative estimate of drug-likeness (QED) is 0.458. The van der Waals surface area contributed by atoms with Gasteiger partial charge >= 0.3 is 0 Å². The van der Waals surface area contributed by atoms with E-state index < -0.39 is 37.3 Å². The Kier molecular flexibility index (Phi) is 7.17. The van der Waals surface area contributed by atoms with E-state index >= 15 is 0 Å². The molecule has 1 aliphatic rings. The fourth-order valence-corrected chi connectivity index (χ4v) is 2.61. The summed E-state index contributed by atoms with van der Waals surface area (Å²) in [4.78, 5) is 11.1. The number of ketones is 1. The van der Waals surface area contributed by atoms with Gasteiger partial charge in [-0.1, -0.05) is 6.08 Å². The van der Waals surface area contributed by atoms with Gasteiger partial charge in [0.15, 0.2) is 17.3 Å². The highest BCUT2D eigenvalue weighted by Crippen LogP contribution is 2.40. The van der Waals surface area contributed by atoms with Gasteiger partial charge in [0.1, 0.15) is 24.4 Å². The fraction of sp³-hybridized carbons (Fsp3) is 0.500. The Bertz CT molecular complexity index is 660. The highest BCUT2D eigenvalue weighted by molar-refractivity contribution is 5.91. The lowest BCUT2D eigenvalue weighted by Crippen LogP contribution is -2.60. The molecule has 0 bridgehead atoms. The molecular formula is C18H24O9. The molecule has 0 unspecified atom stereocenters. The standard InChI is InChI=1S/C18H24O9/c1-9(20)4-5-10-6-11(24-2)17(12(7-10)25-3)27-18-16(23)15(22)14(21)13(8-19)26-18/h4-7,13-16,18-19,21-23H,8H2,1-3H3/b5-4+/t13-,14-,15+,16-,18+/m1/s1. The van der Waals surface area contributed by atoms with Crippen molar-refractivity contribution in [2.75, 3.05) is 20.8 Å². The highest BCUT2D eigenvalue weighted by Gasteiger charge is 2.45. The third-order valence-electron chi connectivity index (χ3n) is 4.08. The Morgan fingerprint density at radius 2 is 1.70 bits per heavy atom. The van der Waals surface area contributed by atoms with Gasteiger partial charge in [-0.05, 0) is 30.7 Å². The SMILES string of the molecule is COc1cc(/C=C/C(C)=O)cc(OC)c1O[C@@H]1O[C@H](CO)[C@@H](O)[C@H](O)[C@H]1O. The smallest absolute Gasteiger partial charge is 0.229 e. The van der Waals surface area contributed by atoms with Gasteiger partial charge in [-0.15, -0.1) is 0 Å². The van der Waals surface area contributed by atoms with Crippen LogP contribution in [0.5, 0.6) is 17.2 Å². The summed E-state index contributed by atoms with van der Waals surface area (Å²) in [5.41, 5.74) is 0.611. The second-order valence-corrected chi connectivity index (χ2v) is 6.01. The molecule has 0 amide bonds. The van der Waals surface area contributed by atoms with E-state index in [2.05, 4.69) is 0 Å². The third kappa shape index (κ3) is 4.76. The molecule has 1 heterocycles. The zero-order valence-electron chi connectivity index (χ0n) is 15.2. The molecule has 0 radical (unpaired) electrons. The van der Waals surface area contributed by atoms with Crippen molar-refractivity contribution in [1.82, 2.24) is 0 Å². The molecule has 1 fully saturated rings. The zero-order valence-corrected chi connectivity index (χ0v) is 15.2. The van der Waals surface area contributed by atoms with E-state index in [1.165, 1.54) is 27.2 Å². The number of hydrogen-bond donors (Lipinski definition) is 4. The first kappa shape index (κ1) is 21.1. The van der Waals surface area contributed by atoms with Crippen molar-refractivity contribution in [3.05, 3.63) is 23.8 Å². The second kappa shape index (κ2) is 9.16. The Labute approximate surface area is 156 Å². The Hall–Kier alpha value is -2.17. The lowest BCUT2D eigenvalue weighted by Gasteiger charge is -2.39. The number of aliphatic hydroxyl groups is 4. The summed E-state index contributed by atoms with van der Waals surface area (Å²) in [7, 11) is 2.79. The van der Waals surface area contributed by atoms with E-state index in [1.807, 2.05) is 0 Å². The topological polar surface area (TPSA) is 135 Å². The lowest BCUT2D eigenvalue weighted by atomic mass is 9.99. The van der Waals surface area contributed by atoms with Gasteiger partial charge in [-0.2, -0.15) is 0 Å². The number of ether oxygens (including phenoxy) is 4. The number of carbonyl (C=O) groups excluding carboxylic acids is 1. The van der Waals surface area contributed by atoms with E-state index in [9.17, 15) is 25.2 Å². The molecule has 0 aliphatic carbocycles. The predicted octanol–water partition coefficient (Wildman–Crippen LogP) is -0.515. The molecular weight excluding hydrogens is 360 g/mol.